The highest BCUT2D eigenvalue weighted by atomic mass is 32.1. The largest absolute Gasteiger partial charge is 0.380 e. The SMILES string of the molecule is Cc1cncc(C(C)(O)c2cc3ccccc3s2)c1. The maximum atomic E-state index is 10.9. The van der Waals surface area contributed by atoms with Crippen LogP contribution >= 0.6 is 11.3 Å². The van der Waals surface area contributed by atoms with Crippen LogP contribution < -0.4 is 0 Å². The van der Waals surface area contributed by atoms with Gasteiger partial charge in [-0.15, -0.1) is 11.3 Å². The zero-order valence-corrected chi connectivity index (χ0v) is 11.7. The van der Waals surface area contributed by atoms with Gasteiger partial charge in [-0.3, -0.25) is 4.98 Å². The van der Waals surface area contributed by atoms with E-state index in [0.717, 1.165) is 16.0 Å². The van der Waals surface area contributed by atoms with Gasteiger partial charge in [0, 0.05) is 27.5 Å². The van der Waals surface area contributed by atoms with Crippen molar-refractivity contribution in [3.05, 3.63) is 64.8 Å². The Labute approximate surface area is 116 Å². The van der Waals surface area contributed by atoms with Crippen LogP contribution in [0.2, 0.25) is 0 Å². The second kappa shape index (κ2) is 4.44. The molecule has 0 radical (unpaired) electrons. The number of rotatable bonds is 2. The molecular weight excluding hydrogens is 254 g/mol. The van der Waals surface area contributed by atoms with Crippen molar-refractivity contribution in [2.75, 3.05) is 0 Å². The Bertz CT molecular complexity index is 697. The van der Waals surface area contributed by atoms with Crippen LogP contribution in [0, 0.1) is 6.92 Å². The van der Waals surface area contributed by atoms with Gasteiger partial charge in [-0.05, 0) is 43.0 Å². The lowest BCUT2D eigenvalue weighted by atomic mass is 9.95. The number of hydrogen-bond donors (Lipinski definition) is 1. The highest BCUT2D eigenvalue weighted by Crippen LogP contribution is 2.37. The molecule has 0 saturated carbocycles. The topological polar surface area (TPSA) is 33.1 Å². The van der Waals surface area contributed by atoms with Crippen molar-refractivity contribution in [3.63, 3.8) is 0 Å². The van der Waals surface area contributed by atoms with Crippen LogP contribution in [0.1, 0.15) is 22.9 Å². The van der Waals surface area contributed by atoms with E-state index in [2.05, 4.69) is 23.2 Å². The van der Waals surface area contributed by atoms with Crippen LogP contribution in [0.15, 0.2) is 48.8 Å². The van der Waals surface area contributed by atoms with Crippen molar-refractivity contribution in [1.82, 2.24) is 4.98 Å². The van der Waals surface area contributed by atoms with Gasteiger partial charge in [-0.1, -0.05) is 18.2 Å². The molecule has 0 aliphatic carbocycles. The van der Waals surface area contributed by atoms with Crippen molar-refractivity contribution in [1.29, 1.82) is 0 Å². The molecule has 2 heterocycles. The van der Waals surface area contributed by atoms with Gasteiger partial charge in [-0.25, -0.2) is 0 Å². The molecule has 1 atom stereocenters. The lowest BCUT2D eigenvalue weighted by Crippen LogP contribution is -2.21. The summed E-state index contributed by atoms with van der Waals surface area (Å²) in [6.45, 7) is 3.81. The first-order valence-corrected chi connectivity index (χ1v) is 7.02. The molecule has 1 unspecified atom stereocenters. The van der Waals surface area contributed by atoms with Gasteiger partial charge in [0.15, 0.2) is 0 Å². The van der Waals surface area contributed by atoms with Crippen molar-refractivity contribution in [2.45, 2.75) is 19.4 Å². The molecule has 19 heavy (non-hydrogen) atoms. The molecule has 0 saturated heterocycles. The quantitative estimate of drug-likeness (QED) is 0.766. The number of pyridine rings is 1. The van der Waals surface area contributed by atoms with Gasteiger partial charge < -0.3 is 5.11 Å². The fourth-order valence-electron chi connectivity index (χ4n) is 2.19. The Morgan fingerprint density at radius 3 is 2.68 bits per heavy atom. The van der Waals surface area contributed by atoms with Crippen molar-refractivity contribution < 1.29 is 5.11 Å². The third-order valence-electron chi connectivity index (χ3n) is 3.34. The standard InChI is InChI=1S/C16H15NOS/c1-11-7-13(10-17-9-11)16(2,18)15-8-12-5-3-4-6-14(12)19-15/h3-10,18H,1-2H3. The zero-order chi connectivity index (χ0) is 13.5. The molecule has 0 amide bonds. The summed E-state index contributed by atoms with van der Waals surface area (Å²) in [5.41, 5.74) is 0.890. The molecule has 2 aromatic heterocycles. The maximum Gasteiger partial charge on any atom is 0.122 e. The molecule has 1 N–H and O–H groups in total. The van der Waals surface area contributed by atoms with Crippen LogP contribution in [0.5, 0.6) is 0 Å². The van der Waals surface area contributed by atoms with Crippen LogP contribution in [0.4, 0.5) is 0 Å². The summed E-state index contributed by atoms with van der Waals surface area (Å²) in [5, 5.41) is 12.0. The van der Waals surface area contributed by atoms with Crippen LogP contribution in [0.3, 0.4) is 0 Å². The van der Waals surface area contributed by atoms with E-state index >= 15 is 0 Å². The molecule has 0 aliphatic rings. The number of benzene rings is 1. The first kappa shape index (κ1) is 12.3. The molecule has 0 bridgehead atoms. The summed E-state index contributed by atoms with van der Waals surface area (Å²) in [4.78, 5) is 5.12. The van der Waals surface area contributed by atoms with Crippen LogP contribution in [0.25, 0.3) is 10.1 Å². The van der Waals surface area contributed by atoms with E-state index < -0.39 is 5.60 Å². The average Bonchev–Trinajstić information content (AvgIpc) is 2.83. The highest BCUT2D eigenvalue weighted by Gasteiger charge is 2.28. The monoisotopic (exact) mass is 269 g/mol. The Balaban J connectivity index is 2.13. The van der Waals surface area contributed by atoms with Crippen molar-refractivity contribution in [3.8, 4) is 0 Å². The number of aromatic nitrogens is 1. The molecular formula is C16H15NOS. The fourth-order valence-corrected chi connectivity index (χ4v) is 3.32. The van der Waals surface area contributed by atoms with E-state index in [0.29, 0.717) is 0 Å². The summed E-state index contributed by atoms with van der Waals surface area (Å²) in [7, 11) is 0. The lowest BCUT2D eigenvalue weighted by Gasteiger charge is -2.22. The number of thiophene rings is 1. The average molecular weight is 269 g/mol. The van der Waals surface area contributed by atoms with Gasteiger partial charge in [-0.2, -0.15) is 0 Å². The van der Waals surface area contributed by atoms with Gasteiger partial charge in [0.25, 0.3) is 0 Å². The summed E-state index contributed by atoms with van der Waals surface area (Å²) < 4.78 is 1.19. The van der Waals surface area contributed by atoms with Crippen molar-refractivity contribution >= 4 is 21.4 Å². The first-order chi connectivity index (χ1) is 9.07. The zero-order valence-electron chi connectivity index (χ0n) is 10.9. The maximum absolute atomic E-state index is 10.9. The van der Waals surface area contributed by atoms with Gasteiger partial charge >= 0.3 is 0 Å². The Morgan fingerprint density at radius 2 is 1.95 bits per heavy atom. The number of hydrogen-bond acceptors (Lipinski definition) is 3. The Morgan fingerprint density at radius 1 is 1.16 bits per heavy atom. The molecule has 1 aromatic carbocycles. The van der Waals surface area contributed by atoms with E-state index in [9.17, 15) is 5.11 Å². The summed E-state index contributed by atoms with van der Waals surface area (Å²) in [6, 6.07) is 12.2. The second-order valence-electron chi connectivity index (χ2n) is 4.97. The summed E-state index contributed by atoms with van der Waals surface area (Å²) in [5.74, 6) is 0. The molecule has 0 fully saturated rings. The van der Waals surface area contributed by atoms with E-state index in [-0.39, 0.29) is 0 Å². The molecule has 2 nitrogen and oxygen atoms in total. The number of aliphatic hydroxyl groups is 1. The molecule has 0 spiro atoms. The van der Waals surface area contributed by atoms with Crippen LogP contribution in [-0.4, -0.2) is 10.1 Å². The minimum absolute atomic E-state index is 0.832. The van der Waals surface area contributed by atoms with Crippen LogP contribution in [-0.2, 0) is 5.60 Å². The van der Waals surface area contributed by atoms with E-state index in [1.165, 1.54) is 10.1 Å². The molecule has 0 aliphatic heterocycles. The smallest absolute Gasteiger partial charge is 0.122 e. The normalized spacial score (nSPS) is 14.5. The lowest BCUT2D eigenvalue weighted by molar-refractivity contribution is 0.106. The fraction of sp³-hybridized carbons (Fsp3) is 0.188. The van der Waals surface area contributed by atoms with Gasteiger partial charge in [0.1, 0.15) is 5.60 Å². The predicted octanol–water partition coefficient (Wildman–Crippen LogP) is 3.86. The Hall–Kier alpha value is -1.71. The second-order valence-corrected chi connectivity index (χ2v) is 6.06. The third kappa shape index (κ3) is 2.15. The van der Waals surface area contributed by atoms with Crippen molar-refractivity contribution in [2.24, 2.45) is 0 Å². The van der Waals surface area contributed by atoms with E-state index in [1.54, 1.807) is 23.7 Å². The third-order valence-corrected chi connectivity index (χ3v) is 4.67. The van der Waals surface area contributed by atoms with E-state index in [4.69, 9.17) is 0 Å². The number of fused-ring (bicyclic) bond motifs is 1. The Kier molecular flexibility index (Phi) is 2.88. The number of aryl methyl sites for hydroxylation is 1. The summed E-state index contributed by atoms with van der Waals surface area (Å²) >= 11 is 1.63. The molecule has 96 valence electrons. The summed E-state index contributed by atoms with van der Waals surface area (Å²) in [6.07, 6.45) is 3.53. The minimum Gasteiger partial charge on any atom is -0.380 e. The highest BCUT2D eigenvalue weighted by molar-refractivity contribution is 7.19. The van der Waals surface area contributed by atoms with Gasteiger partial charge in [0.2, 0.25) is 0 Å². The predicted molar refractivity (Wildman–Crippen MR) is 79.5 cm³/mol. The molecule has 3 heteroatoms. The molecule has 3 aromatic rings. The molecule has 3 rings (SSSR count). The first-order valence-electron chi connectivity index (χ1n) is 6.21. The van der Waals surface area contributed by atoms with E-state index in [1.807, 2.05) is 32.0 Å². The number of nitrogens with zero attached hydrogens (tertiary/aromatic N) is 1. The van der Waals surface area contributed by atoms with Gasteiger partial charge in [0.05, 0.1) is 0 Å². The minimum atomic E-state index is -0.997.